The van der Waals surface area contributed by atoms with Crippen LogP contribution in [0.15, 0.2) is 21.6 Å². The van der Waals surface area contributed by atoms with E-state index in [1.165, 1.54) is 0 Å². The minimum Gasteiger partial charge on any atom is -0.496 e. The highest BCUT2D eigenvalue weighted by Crippen LogP contribution is 2.54. The summed E-state index contributed by atoms with van der Waals surface area (Å²) in [6.45, 7) is 2.00. The second kappa shape index (κ2) is 4.04. The lowest BCUT2D eigenvalue weighted by molar-refractivity contribution is 0.403. The first-order chi connectivity index (χ1) is 7.63. The molecule has 0 atom stereocenters. The number of halogens is 1. The number of hydrogen-bond donors (Lipinski definition) is 0. The van der Waals surface area contributed by atoms with Gasteiger partial charge in [0.05, 0.1) is 7.11 Å². The summed E-state index contributed by atoms with van der Waals surface area (Å²) < 4.78 is 6.31. The summed E-state index contributed by atoms with van der Waals surface area (Å²) in [5.41, 5.74) is 1.67. The van der Waals surface area contributed by atoms with Gasteiger partial charge in [-0.15, -0.1) is 0 Å². The lowest BCUT2D eigenvalue weighted by Gasteiger charge is -2.16. The van der Waals surface area contributed by atoms with Gasteiger partial charge in [-0.05, 0) is 37.5 Å². The van der Waals surface area contributed by atoms with E-state index in [2.05, 4.69) is 20.9 Å². The second-order valence-electron chi connectivity index (χ2n) is 4.06. The van der Waals surface area contributed by atoms with Gasteiger partial charge in [0.2, 0.25) is 6.08 Å². The lowest BCUT2D eigenvalue weighted by Crippen LogP contribution is -2.06. The van der Waals surface area contributed by atoms with Gasteiger partial charge in [0.15, 0.2) is 0 Å². The van der Waals surface area contributed by atoms with Crippen LogP contribution in [0, 0.1) is 6.92 Å². The monoisotopic (exact) mass is 281 g/mol. The first-order valence-corrected chi connectivity index (χ1v) is 5.86. The Morgan fingerprint density at radius 3 is 2.69 bits per heavy atom. The molecule has 1 aromatic rings. The molecule has 3 nitrogen and oxygen atoms in total. The molecule has 0 aromatic heterocycles. The van der Waals surface area contributed by atoms with Crippen LogP contribution >= 0.6 is 15.9 Å². The molecule has 16 heavy (non-hydrogen) atoms. The van der Waals surface area contributed by atoms with Gasteiger partial charge >= 0.3 is 0 Å². The minimum atomic E-state index is -0.403. The van der Waals surface area contributed by atoms with E-state index >= 15 is 0 Å². The maximum atomic E-state index is 10.5. The molecule has 0 N–H and O–H groups in total. The number of carbonyl (C=O) groups excluding carboxylic acids is 1. The molecule has 0 saturated heterocycles. The third-order valence-corrected chi connectivity index (χ3v) is 3.49. The minimum absolute atomic E-state index is 0.403. The molecule has 0 radical (unpaired) electrons. The highest BCUT2D eigenvalue weighted by atomic mass is 79.9. The highest BCUT2D eigenvalue weighted by Gasteiger charge is 2.48. The molecule has 0 heterocycles. The fourth-order valence-corrected chi connectivity index (χ4v) is 2.87. The van der Waals surface area contributed by atoms with Crippen molar-refractivity contribution in [3.8, 4) is 5.75 Å². The maximum Gasteiger partial charge on any atom is 0.235 e. The van der Waals surface area contributed by atoms with Crippen LogP contribution < -0.4 is 4.74 Å². The van der Waals surface area contributed by atoms with E-state index in [1.807, 2.05) is 19.1 Å². The SMILES string of the molecule is COc1cc(C)cc(Br)c1C1(N=C=O)CC1. The number of hydrogen-bond acceptors (Lipinski definition) is 3. The predicted octanol–water partition coefficient (Wildman–Crippen LogP) is 3.09. The summed E-state index contributed by atoms with van der Waals surface area (Å²) in [5, 5.41) is 0. The van der Waals surface area contributed by atoms with Gasteiger partial charge in [-0.1, -0.05) is 15.9 Å². The quantitative estimate of drug-likeness (QED) is 0.631. The molecule has 0 unspecified atom stereocenters. The summed E-state index contributed by atoms with van der Waals surface area (Å²) in [6.07, 6.45) is 3.41. The number of benzene rings is 1. The molecule has 1 aliphatic carbocycles. The second-order valence-corrected chi connectivity index (χ2v) is 4.91. The molecular weight excluding hydrogens is 270 g/mol. The van der Waals surface area contributed by atoms with Gasteiger partial charge in [0.1, 0.15) is 11.3 Å². The number of aliphatic imine (C=N–C) groups is 1. The van der Waals surface area contributed by atoms with E-state index in [0.29, 0.717) is 0 Å². The van der Waals surface area contributed by atoms with E-state index in [4.69, 9.17) is 4.74 Å². The van der Waals surface area contributed by atoms with Gasteiger partial charge in [-0.2, -0.15) is 4.99 Å². The van der Waals surface area contributed by atoms with Gasteiger partial charge in [0, 0.05) is 10.0 Å². The zero-order valence-corrected chi connectivity index (χ0v) is 10.8. The van der Waals surface area contributed by atoms with Crippen LogP contribution in [0.5, 0.6) is 5.75 Å². The molecule has 0 aliphatic heterocycles. The molecule has 1 fully saturated rings. The summed E-state index contributed by atoms with van der Waals surface area (Å²) in [6, 6.07) is 3.97. The smallest absolute Gasteiger partial charge is 0.235 e. The number of ether oxygens (including phenoxy) is 1. The van der Waals surface area contributed by atoms with Crippen molar-refractivity contribution in [3.63, 3.8) is 0 Å². The summed E-state index contributed by atoms with van der Waals surface area (Å²) in [4.78, 5) is 14.4. The Hall–Kier alpha value is -1.12. The third-order valence-electron chi connectivity index (χ3n) is 2.87. The fraction of sp³-hybridized carbons (Fsp3) is 0.417. The molecule has 0 bridgehead atoms. The van der Waals surface area contributed by atoms with Crippen molar-refractivity contribution >= 4 is 22.0 Å². The number of nitrogens with zero attached hydrogens (tertiary/aromatic N) is 1. The van der Waals surface area contributed by atoms with Crippen LogP contribution in [0.25, 0.3) is 0 Å². The molecule has 0 spiro atoms. The van der Waals surface area contributed by atoms with E-state index < -0.39 is 5.54 Å². The fourth-order valence-electron chi connectivity index (χ4n) is 1.95. The standard InChI is InChI=1S/C12H12BrNO2/c1-8-5-9(13)11(10(6-8)16-2)12(3-4-12)14-7-15/h5-6H,3-4H2,1-2H3. The topological polar surface area (TPSA) is 38.7 Å². The van der Waals surface area contributed by atoms with Crippen molar-refractivity contribution in [2.24, 2.45) is 4.99 Å². The molecule has 84 valence electrons. The molecule has 0 amide bonds. The van der Waals surface area contributed by atoms with Crippen molar-refractivity contribution < 1.29 is 9.53 Å². The first kappa shape index (κ1) is 11.4. The number of isocyanates is 1. The summed E-state index contributed by atoms with van der Waals surface area (Å²) in [5.74, 6) is 0.781. The Morgan fingerprint density at radius 1 is 1.50 bits per heavy atom. The van der Waals surface area contributed by atoms with E-state index in [1.54, 1.807) is 13.2 Å². The van der Waals surface area contributed by atoms with Crippen LogP contribution in [0.2, 0.25) is 0 Å². The zero-order valence-electron chi connectivity index (χ0n) is 9.21. The normalized spacial score (nSPS) is 16.4. The van der Waals surface area contributed by atoms with E-state index in [0.717, 1.165) is 34.2 Å². The summed E-state index contributed by atoms with van der Waals surface area (Å²) in [7, 11) is 1.63. The average molecular weight is 282 g/mol. The van der Waals surface area contributed by atoms with Gasteiger partial charge < -0.3 is 4.74 Å². The Morgan fingerprint density at radius 2 is 2.19 bits per heavy atom. The highest BCUT2D eigenvalue weighted by molar-refractivity contribution is 9.10. The predicted molar refractivity (Wildman–Crippen MR) is 64.5 cm³/mol. The van der Waals surface area contributed by atoms with Gasteiger partial charge in [-0.25, -0.2) is 4.79 Å². The Balaban J connectivity index is 2.60. The zero-order chi connectivity index (χ0) is 11.8. The molecule has 2 rings (SSSR count). The van der Waals surface area contributed by atoms with Crippen molar-refractivity contribution in [2.45, 2.75) is 25.3 Å². The van der Waals surface area contributed by atoms with Crippen molar-refractivity contribution in [3.05, 3.63) is 27.7 Å². The van der Waals surface area contributed by atoms with E-state index in [-0.39, 0.29) is 0 Å². The molecule has 1 aromatic carbocycles. The summed E-state index contributed by atoms with van der Waals surface area (Å²) >= 11 is 3.51. The van der Waals surface area contributed by atoms with Gasteiger partial charge in [0.25, 0.3) is 0 Å². The van der Waals surface area contributed by atoms with Crippen LogP contribution in [0.3, 0.4) is 0 Å². The number of methoxy groups -OCH3 is 1. The van der Waals surface area contributed by atoms with Crippen molar-refractivity contribution in [2.75, 3.05) is 7.11 Å². The largest absolute Gasteiger partial charge is 0.496 e. The van der Waals surface area contributed by atoms with Crippen LogP contribution in [-0.2, 0) is 10.3 Å². The Labute approximate surface area is 103 Å². The number of aryl methyl sites for hydroxylation is 1. The molecule has 4 heteroatoms. The van der Waals surface area contributed by atoms with Crippen molar-refractivity contribution in [1.82, 2.24) is 0 Å². The maximum absolute atomic E-state index is 10.5. The van der Waals surface area contributed by atoms with Crippen LogP contribution in [0.4, 0.5) is 0 Å². The first-order valence-electron chi connectivity index (χ1n) is 5.06. The molecule has 1 aliphatic rings. The van der Waals surface area contributed by atoms with Crippen LogP contribution in [0.1, 0.15) is 24.0 Å². The van der Waals surface area contributed by atoms with Gasteiger partial charge in [-0.3, -0.25) is 0 Å². The van der Waals surface area contributed by atoms with E-state index in [9.17, 15) is 4.79 Å². The number of rotatable bonds is 3. The van der Waals surface area contributed by atoms with Crippen molar-refractivity contribution in [1.29, 1.82) is 0 Å². The van der Waals surface area contributed by atoms with Crippen LogP contribution in [-0.4, -0.2) is 13.2 Å². The Kier molecular flexibility index (Phi) is 2.87. The molecular formula is C12H12BrNO2. The molecule has 1 saturated carbocycles. The average Bonchev–Trinajstić information content (AvgIpc) is 2.97. The Bertz CT molecular complexity index is 474. The lowest BCUT2D eigenvalue weighted by atomic mass is 10.0. The third kappa shape index (κ3) is 1.79.